The molecule has 1 rings (SSSR count). The molecule has 0 saturated carbocycles. The van der Waals surface area contributed by atoms with Crippen LogP contribution >= 0.6 is 8.25 Å². The first kappa shape index (κ1) is 12.0. The number of hydrogen-bond acceptors (Lipinski definition) is 3. The lowest BCUT2D eigenvalue weighted by Gasteiger charge is -2.07. The van der Waals surface area contributed by atoms with Gasteiger partial charge in [-0.3, -0.25) is 0 Å². The summed E-state index contributed by atoms with van der Waals surface area (Å²) in [6.07, 6.45) is 0. The van der Waals surface area contributed by atoms with Gasteiger partial charge in [-0.1, -0.05) is 13.8 Å². The van der Waals surface area contributed by atoms with E-state index in [-0.39, 0.29) is 0 Å². The second-order valence-electron chi connectivity index (χ2n) is 3.51. The Hall–Kier alpha value is -1.12. The smallest absolute Gasteiger partial charge is 0.493 e. The lowest BCUT2D eigenvalue weighted by Crippen LogP contribution is -2.04. The summed E-state index contributed by atoms with van der Waals surface area (Å²) in [6, 6.07) is 6.60. The van der Waals surface area contributed by atoms with Crippen LogP contribution in [0.5, 0.6) is 11.5 Å². The van der Waals surface area contributed by atoms with Crippen molar-refractivity contribution in [3.63, 3.8) is 0 Å². The second kappa shape index (κ2) is 5.69. The van der Waals surface area contributed by atoms with Crippen molar-refractivity contribution in [3.05, 3.63) is 24.3 Å². The quantitative estimate of drug-likeness (QED) is 0.788. The summed E-state index contributed by atoms with van der Waals surface area (Å²) in [5.41, 5.74) is 0. The molecule has 0 spiro atoms. The van der Waals surface area contributed by atoms with E-state index in [0.29, 0.717) is 18.3 Å². The van der Waals surface area contributed by atoms with Gasteiger partial charge in [0, 0.05) is 4.57 Å². The molecule has 4 nitrogen and oxygen atoms in total. The average molecular weight is 229 g/mol. The van der Waals surface area contributed by atoms with E-state index in [0.717, 1.165) is 5.75 Å². The van der Waals surface area contributed by atoms with Gasteiger partial charge in [-0.05, 0) is 30.2 Å². The zero-order valence-corrected chi connectivity index (χ0v) is 9.61. The lowest BCUT2D eigenvalue weighted by atomic mass is 10.2. The molecule has 1 unspecified atom stereocenters. The van der Waals surface area contributed by atoms with E-state index in [1.807, 2.05) is 0 Å². The Labute approximate surface area is 89.8 Å². The van der Waals surface area contributed by atoms with E-state index in [1.54, 1.807) is 24.3 Å². The van der Waals surface area contributed by atoms with Gasteiger partial charge in [0.05, 0.1) is 6.61 Å². The number of hydrogen-bond donors (Lipinski definition) is 1. The molecule has 82 valence electrons. The minimum atomic E-state index is -2.60. The number of rotatable bonds is 5. The Morgan fingerprint density at radius 1 is 1.27 bits per heavy atom. The molecule has 0 fully saturated rings. The van der Waals surface area contributed by atoms with Crippen molar-refractivity contribution in [1.82, 2.24) is 0 Å². The van der Waals surface area contributed by atoms with Crippen LogP contribution in [-0.4, -0.2) is 11.5 Å². The van der Waals surface area contributed by atoms with Gasteiger partial charge < -0.3 is 4.74 Å². The summed E-state index contributed by atoms with van der Waals surface area (Å²) in [6.45, 7) is 4.77. The van der Waals surface area contributed by atoms with Crippen LogP contribution in [0.25, 0.3) is 0 Å². The minimum Gasteiger partial charge on any atom is -0.493 e. The molecule has 0 saturated heterocycles. The lowest BCUT2D eigenvalue weighted by molar-refractivity contribution is 0.271. The van der Waals surface area contributed by atoms with Crippen LogP contribution in [0.1, 0.15) is 13.8 Å². The third kappa shape index (κ3) is 4.77. The highest BCUT2D eigenvalue weighted by Crippen LogP contribution is 2.25. The fourth-order valence-electron chi connectivity index (χ4n) is 0.950. The molecule has 1 aromatic rings. The maximum absolute atomic E-state index is 10.4. The van der Waals surface area contributed by atoms with Crippen LogP contribution in [0.2, 0.25) is 0 Å². The van der Waals surface area contributed by atoms with Crippen molar-refractivity contribution in [3.8, 4) is 11.5 Å². The maximum atomic E-state index is 10.4. The summed E-state index contributed by atoms with van der Waals surface area (Å²) >= 11 is 0. The Bertz CT molecular complexity index is 321. The van der Waals surface area contributed by atoms with Gasteiger partial charge in [0.15, 0.2) is 5.75 Å². The summed E-state index contributed by atoms with van der Waals surface area (Å²) in [4.78, 5) is 8.51. The largest absolute Gasteiger partial charge is 0.747 e. The SMILES string of the molecule is CC(C)COc1ccc(O[P+](=O)O)cc1. The zero-order chi connectivity index (χ0) is 11.3. The van der Waals surface area contributed by atoms with Crippen LogP contribution in [0.15, 0.2) is 24.3 Å². The van der Waals surface area contributed by atoms with Crippen molar-refractivity contribution in [1.29, 1.82) is 0 Å². The third-order valence-electron chi connectivity index (χ3n) is 1.59. The van der Waals surface area contributed by atoms with E-state index in [1.165, 1.54) is 0 Å². The average Bonchev–Trinajstić information content (AvgIpc) is 2.16. The van der Waals surface area contributed by atoms with Crippen LogP contribution in [-0.2, 0) is 4.57 Å². The summed E-state index contributed by atoms with van der Waals surface area (Å²) in [5.74, 6) is 1.55. The van der Waals surface area contributed by atoms with Crippen LogP contribution < -0.4 is 9.26 Å². The van der Waals surface area contributed by atoms with Crippen molar-refractivity contribution < 1.29 is 18.7 Å². The molecule has 0 aliphatic rings. The van der Waals surface area contributed by atoms with Crippen molar-refractivity contribution >= 4 is 8.25 Å². The molecule has 0 bridgehead atoms. The van der Waals surface area contributed by atoms with Gasteiger partial charge in [0.25, 0.3) is 0 Å². The molecule has 1 N–H and O–H groups in total. The molecule has 5 heteroatoms. The van der Waals surface area contributed by atoms with E-state index < -0.39 is 8.25 Å². The van der Waals surface area contributed by atoms with Gasteiger partial charge in [-0.25, -0.2) is 4.52 Å². The first-order valence-corrected chi connectivity index (χ1v) is 5.78. The van der Waals surface area contributed by atoms with Crippen LogP contribution in [0.4, 0.5) is 0 Å². The van der Waals surface area contributed by atoms with E-state index in [2.05, 4.69) is 18.4 Å². The molecular formula is C10H14O4P+. The standard InChI is InChI=1S/C10H13O4P/c1-8(2)7-13-9-3-5-10(6-4-9)14-15(11)12/h3-6,8H,7H2,1-2H3/p+1. The van der Waals surface area contributed by atoms with Gasteiger partial charge in [-0.2, -0.15) is 0 Å². The van der Waals surface area contributed by atoms with Gasteiger partial charge >= 0.3 is 8.25 Å². The highest BCUT2D eigenvalue weighted by molar-refractivity contribution is 7.32. The van der Waals surface area contributed by atoms with Crippen molar-refractivity contribution in [2.24, 2.45) is 5.92 Å². The number of ether oxygens (including phenoxy) is 1. The maximum Gasteiger partial charge on any atom is 0.747 e. The molecule has 15 heavy (non-hydrogen) atoms. The zero-order valence-electron chi connectivity index (χ0n) is 8.71. The summed E-state index contributed by atoms with van der Waals surface area (Å²) in [7, 11) is -2.60. The van der Waals surface area contributed by atoms with E-state index in [9.17, 15) is 4.57 Å². The van der Waals surface area contributed by atoms with E-state index >= 15 is 0 Å². The molecule has 0 aliphatic heterocycles. The van der Waals surface area contributed by atoms with Crippen molar-refractivity contribution in [2.75, 3.05) is 6.61 Å². The van der Waals surface area contributed by atoms with Gasteiger partial charge in [0.2, 0.25) is 0 Å². The molecular weight excluding hydrogens is 215 g/mol. The predicted molar refractivity (Wildman–Crippen MR) is 57.2 cm³/mol. The Morgan fingerprint density at radius 3 is 2.27 bits per heavy atom. The Morgan fingerprint density at radius 2 is 1.80 bits per heavy atom. The van der Waals surface area contributed by atoms with E-state index in [4.69, 9.17) is 9.63 Å². The fraction of sp³-hybridized carbons (Fsp3) is 0.400. The molecule has 1 atom stereocenters. The minimum absolute atomic E-state index is 0.357. The normalized spacial score (nSPS) is 11.3. The van der Waals surface area contributed by atoms with Crippen LogP contribution in [0, 0.1) is 5.92 Å². The highest BCUT2D eigenvalue weighted by atomic mass is 31.1. The summed E-state index contributed by atoms with van der Waals surface area (Å²) < 4.78 is 20.4. The molecule has 0 aromatic heterocycles. The van der Waals surface area contributed by atoms with Crippen LogP contribution in [0.3, 0.4) is 0 Å². The molecule has 0 heterocycles. The second-order valence-corrected chi connectivity index (χ2v) is 4.16. The topological polar surface area (TPSA) is 55.8 Å². The third-order valence-corrected chi connectivity index (χ3v) is 1.96. The number of benzene rings is 1. The van der Waals surface area contributed by atoms with Gasteiger partial charge in [0.1, 0.15) is 5.75 Å². The predicted octanol–water partition coefficient (Wildman–Crippen LogP) is 2.75. The van der Waals surface area contributed by atoms with Gasteiger partial charge in [-0.15, -0.1) is 4.89 Å². The Balaban J connectivity index is 2.52. The monoisotopic (exact) mass is 229 g/mol. The first-order chi connectivity index (χ1) is 7.08. The molecule has 0 amide bonds. The van der Waals surface area contributed by atoms with Crippen molar-refractivity contribution in [2.45, 2.75) is 13.8 Å². The highest BCUT2D eigenvalue weighted by Gasteiger charge is 2.13. The molecule has 1 aromatic carbocycles. The molecule has 0 radical (unpaired) electrons. The first-order valence-electron chi connectivity index (χ1n) is 4.65. The molecule has 0 aliphatic carbocycles. The summed E-state index contributed by atoms with van der Waals surface area (Å²) in [5, 5.41) is 0. The Kier molecular flexibility index (Phi) is 4.53. The fourth-order valence-corrected chi connectivity index (χ4v) is 1.25.